The van der Waals surface area contributed by atoms with E-state index in [0.29, 0.717) is 5.58 Å². The van der Waals surface area contributed by atoms with Crippen molar-refractivity contribution in [3.63, 3.8) is 0 Å². The van der Waals surface area contributed by atoms with Crippen molar-refractivity contribution in [2.45, 2.75) is 25.3 Å². The highest BCUT2D eigenvalue weighted by Gasteiger charge is 2.21. The zero-order valence-electron chi connectivity index (χ0n) is 13.4. The first kappa shape index (κ1) is 14.8. The minimum Gasteiger partial charge on any atom is -0.406 e. The molecule has 3 heterocycles. The SMILES string of the molecule is O=c1[nH]c2cccc(N3CCN(CC[C@@H]4CCCN4)CC3)c2o1. The third kappa shape index (κ3) is 3.14. The fraction of sp³-hybridized carbons (Fsp3) is 0.588. The summed E-state index contributed by atoms with van der Waals surface area (Å²) in [5, 5.41) is 3.57. The molecule has 0 spiro atoms. The first-order chi connectivity index (χ1) is 11.3. The van der Waals surface area contributed by atoms with Crippen LogP contribution >= 0.6 is 0 Å². The number of piperazine rings is 1. The lowest BCUT2D eigenvalue weighted by atomic mass is 10.1. The number of aromatic amines is 1. The van der Waals surface area contributed by atoms with Gasteiger partial charge in [0.15, 0.2) is 5.58 Å². The van der Waals surface area contributed by atoms with E-state index in [1.165, 1.54) is 32.4 Å². The standard InChI is InChI=1S/C17H24N4O2/c22-17-19-14-4-1-5-15(16(14)23-17)21-11-9-20(10-12-21)8-6-13-3-2-7-18-13/h1,4-5,13,18H,2-3,6-12H2,(H,19,22)/t13-/m0/s1. The zero-order chi connectivity index (χ0) is 15.6. The van der Waals surface area contributed by atoms with Crippen LogP contribution in [-0.4, -0.2) is 55.2 Å². The van der Waals surface area contributed by atoms with E-state index >= 15 is 0 Å². The van der Waals surface area contributed by atoms with Crippen molar-refractivity contribution in [1.82, 2.24) is 15.2 Å². The Hall–Kier alpha value is -1.79. The molecule has 1 aromatic carbocycles. The van der Waals surface area contributed by atoms with Gasteiger partial charge in [-0.05, 0) is 44.5 Å². The van der Waals surface area contributed by atoms with Gasteiger partial charge in [-0.25, -0.2) is 4.79 Å². The van der Waals surface area contributed by atoms with Crippen LogP contribution in [0.15, 0.2) is 27.4 Å². The van der Waals surface area contributed by atoms with Crippen molar-refractivity contribution in [1.29, 1.82) is 0 Å². The Balaban J connectivity index is 1.37. The van der Waals surface area contributed by atoms with E-state index in [-0.39, 0.29) is 5.76 Å². The van der Waals surface area contributed by atoms with Crippen LogP contribution in [0.4, 0.5) is 5.69 Å². The highest BCUT2D eigenvalue weighted by molar-refractivity contribution is 5.86. The van der Waals surface area contributed by atoms with Crippen molar-refractivity contribution >= 4 is 16.8 Å². The van der Waals surface area contributed by atoms with Gasteiger partial charge in [-0.3, -0.25) is 9.88 Å². The van der Waals surface area contributed by atoms with Crippen molar-refractivity contribution in [3.8, 4) is 0 Å². The van der Waals surface area contributed by atoms with Crippen LogP contribution in [0.3, 0.4) is 0 Å². The smallest absolute Gasteiger partial charge is 0.406 e. The highest BCUT2D eigenvalue weighted by Crippen LogP contribution is 2.25. The Labute approximate surface area is 135 Å². The Bertz CT molecular complexity index is 709. The average Bonchev–Trinajstić information content (AvgIpc) is 3.21. The van der Waals surface area contributed by atoms with E-state index in [9.17, 15) is 4.79 Å². The summed E-state index contributed by atoms with van der Waals surface area (Å²) < 4.78 is 5.32. The van der Waals surface area contributed by atoms with Gasteiger partial charge in [-0.2, -0.15) is 0 Å². The van der Waals surface area contributed by atoms with E-state index in [0.717, 1.165) is 43.4 Å². The van der Waals surface area contributed by atoms with Crippen molar-refractivity contribution in [2.24, 2.45) is 0 Å². The van der Waals surface area contributed by atoms with E-state index in [2.05, 4.69) is 20.1 Å². The van der Waals surface area contributed by atoms with Gasteiger partial charge in [0.1, 0.15) is 0 Å². The van der Waals surface area contributed by atoms with Gasteiger partial charge < -0.3 is 14.6 Å². The van der Waals surface area contributed by atoms with Gasteiger partial charge in [0.05, 0.1) is 11.2 Å². The number of benzene rings is 1. The molecule has 2 N–H and O–H groups in total. The minimum absolute atomic E-state index is 0.379. The number of H-pyrrole nitrogens is 1. The summed E-state index contributed by atoms with van der Waals surface area (Å²) in [6.07, 6.45) is 3.90. The number of nitrogens with zero attached hydrogens (tertiary/aromatic N) is 2. The Morgan fingerprint density at radius 1 is 1.22 bits per heavy atom. The molecule has 124 valence electrons. The van der Waals surface area contributed by atoms with Crippen LogP contribution in [0, 0.1) is 0 Å². The molecule has 6 nitrogen and oxygen atoms in total. The predicted molar refractivity (Wildman–Crippen MR) is 91.1 cm³/mol. The molecule has 2 aliphatic heterocycles. The van der Waals surface area contributed by atoms with Crippen LogP contribution < -0.4 is 16.0 Å². The molecule has 0 amide bonds. The summed E-state index contributed by atoms with van der Waals surface area (Å²) in [4.78, 5) is 19.0. The maximum absolute atomic E-state index is 11.4. The monoisotopic (exact) mass is 316 g/mol. The molecule has 2 saturated heterocycles. The van der Waals surface area contributed by atoms with Gasteiger partial charge >= 0.3 is 5.76 Å². The lowest BCUT2D eigenvalue weighted by molar-refractivity contribution is 0.245. The van der Waals surface area contributed by atoms with E-state index in [4.69, 9.17) is 4.42 Å². The number of oxazole rings is 1. The zero-order valence-corrected chi connectivity index (χ0v) is 13.4. The van der Waals surface area contributed by atoms with E-state index in [1.807, 2.05) is 18.2 Å². The van der Waals surface area contributed by atoms with Crippen LogP contribution in [-0.2, 0) is 0 Å². The third-order valence-corrected chi connectivity index (χ3v) is 5.09. The summed E-state index contributed by atoms with van der Waals surface area (Å²) in [5.74, 6) is -0.379. The molecule has 2 aliphatic rings. The van der Waals surface area contributed by atoms with Crippen LogP contribution in [0.25, 0.3) is 11.1 Å². The van der Waals surface area contributed by atoms with Crippen LogP contribution in [0.2, 0.25) is 0 Å². The second-order valence-corrected chi connectivity index (χ2v) is 6.58. The molecule has 0 bridgehead atoms. The molecule has 6 heteroatoms. The Morgan fingerprint density at radius 3 is 2.87 bits per heavy atom. The van der Waals surface area contributed by atoms with E-state index in [1.54, 1.807) is 0 Å². The molecular formula is C17H24N4O2. The first-order valence-electron chi connectivity index (χ1n) is 8.62. The first-order valence-corrected chi connectivity index (χ1v) is 8.62. The second-order valence-electron chi connectivity index (χ2n) is 6.58. The van der Waals surface area contributed by atoms with Gasteiger partial charge in [-0.15, -0.1) is 0 Å². The molecule has 2 fully saturated rings. The van der Waals surface area contributed by atoms with Gasteiger partial charge in [-0.1, -0.05) is 6.07 Å². The summed E-state index contributed by atoms with van der Waals surface area (Å²) in [7, 11) is 0. The van der Waals surface area contributed by atoms with Crippen LogP contribution in [0.1, 0.15) is 19.3 Å². The minimum atomic E-state index is -0.379. The number of hydrogen-bond donors (Lipinski definition) is 2. The van der Waals surface area contributed by atoms with Crippen molar-refractivity contribution in [3.05, 3.63) is 28.7 Å². The second kappa shape index (κ2) is 6.37. The number of aromatic nitrogens is 1. The maximum atomic E-state index is 11.4. The number of rotatable bonds is 4. The molecule has 1 aromatic heterocycles. The fourth-order valence-corrected chi connectivity index (χ4v) is 3.76. The topological polar surface area (TPSA) is 64.5 Å². The third-order valence-electron chi connectivity index (χ3n) is 5.09. The van der Waals surface area contributed by atoms with Crippen molar-refractivity contribution in [2.75, 3.05) is 44.2 Å². The number of nitrogens with one attached hydrogen (secondary N) is 2. The largest absolute Gasteiger partial charge is 0.417 e. The summed E-state index contributed by atoms with van der Waals surface area (Å²) in [5.41, 5.74) is 2.49. The van der Waals surface area contributed by atoms with Gasteiger partial charge in [0.25, 0.3) is 0 Å². The lowest BCUT2D eigenvalue weighted by Crippen LogP contribution is -2.47. The fourth-order valence-electron chi connectivity index (χ4n) is 3.76. The summed E-state index contributed by atoms with van der Waals surface area (Å²) >= 11 is 0. The molecule has 1 atom stereocenters. The van der Waals surface area contributed by atoms with E-state index < -0.39 is 0 Å². The normalized spacial score (nSPS) is 23.0. The summed E-state index contributed by atoms with van der Waals surface area (Å²) in [6.45, 7) is 6.45. The van der Waals surface area contributed by atoms with Gasteiger partial charge in [0, 0.05) is 32.2 Å². The molecular weight excluding hydrogens is 292 g/mol. The number of anilines is 1. The number of fused-ring (bicyclic) bond motifs is 1. The van der Waals surface area contributed by atoms with Crippen molar-refractivity contribution < 1.29 is 4.42 Å². The molecule has 0 saturated carbocycles. The molecule has 2 aromatic rings. The molecule has 0 unspecified atom stereocenters. The molecule has 0 aliphatic carbocycles. The average molecular weight is 316 g/mol. The molecule has 0 radical (unpaired) electrons. The van der Waals surface area contributed by atoms with Crippen LogP contribution in [0.5, 0.6) is 0 Å². The Kier molecular flexibility index (Phi) is 4.10. The lowest BCUT2D eigenvalue weighted by Gasteiger charge is -2.36. The Morgan fingerprint density at radius 2 is 2.09 bits per heavy atom. The summed E-state index contributed by atoms with van der Waals surface area (Å²) in [6, 6.07) is 6.61. The maximum Gasteiger partial charge on any atom is 0.417 e. The number of hydrogen-bond acceptors (Lipinski definition) is 5. The predicted octanol–water partition coefficient (Wildman–Crippen LogP) is 1.39. The quantitative estimate of drug-likeness (QED) is 0.892. The number of para-hydroxylation sites is 1. The highest BCUT2D eigenvalue weighted by atomic mass is 16.4. The molecule has 4 rings (SSSR count). The molecule has 23 heavy (non-hydrogen) atoms. The van der Waals surface area contributed by atoms with Gasteiger partial charge in [0.2, 0.25) is 0 Å².